The molecule has 1 aromatic heterocycles. The number of methoxy groups -OCH3 is 1. The number of nitrogens with zero attached hydrogens (tertiary/aromatic N) is 2. The van der Waals surface area contributed by atoms with Crippen molar-refractivity contribution in [2.24, 2.45) is 5.73 Å². The summed E-state index contributed by atoms with van der Waals surface area (Å²) < 4.78 is 4.78. The zero-order chi connectivity index (χ0) is 8.81. The van der Waals surface area contributed by atoms with E-state index in [1.165, 1.54) is 7.11 Å². The van der Waals surface area contributed by atoms with Crippen LogP contribution >= 0.6 is 0 Å². The first-order chi connectivity index (χ1) is 5.86. The third kappa shape index (κ3) is 2.22. The molecular weight excluding hydrogens is 154 g/mol. The number of aromatic nitrogens is 2. The van der Waals surface area contributed by atoms with E-state index in [1.54, 1.807) is 12.4 Å². The van der Waals surface area contributed by atoms with Gasteiger partial charge in [0.2, 0.25) is 0 Å². The second-order valence-corrected chi connectivity index (χ2v) is 1.96. The summed E-state index contributed by atoms with van der Waals surface area (Å²) in [5.41, 5.74) is 5.93. The van der Waals surface area contributed by atoms with Crippen LogP contribution in [0.1, 0.15) is 5.56 Å². The molecule has 0 atom stereocenters. The molecule has 0 bridgehead atoms. The lowest BCUT2D eigenvalue weighted by Gasteiger charge is -1.94. The van der Waals surface area contributed by atoms with Crippen LogP contribution in [0.5, 0.6) is 6.01 Å². The van der Waals surface area contributed by atoms with Crippen molar-refractivity contribution in [3.05, 3.63) is 18.0 Å². The predicted molar refractivity (Wildman–Crippen MR) is 44.5 cm³/mol. The molecule has 1 rings (SSSR count). The first kappa shape index (κ1) is 8.50. The lowest BCUT2D eigenvalue weighted by atomic mass is 10.3. The molecule has 0 saturated carbocycles. The van der Waals surface area contributed by atoms with Gasteiger partial charge in [-0.2, -0.15) is 0 Å². The van der Waals surface area contributed by atoms with Gasteiger partial charge in [0, 0.05) is 12.4 Å². The normalized spacial score (nSPS) is 8.50. The van der Waals surface area contributed by atoms with Crippen molar-refractivity contribution < 1.29 is 4.74 Å². The molecule has 0 fully saturated rings. The molecule has 4 nitrogen and oxygen atoms in total. The first-order valence-corrected chi connectivity index (χ1v) is 3.42. The molecular formula is C8H9N3O. The van der Waals surface area contributed by atoms with Crippen molar-refractivity contribution in [1.82, 2.24) is 9.97 Å². The number of rotatable bonds is 1. The Labute approximate surface area is 70.8 Å². The van der Waals surface area contributed by atoms with Crippen LogP contribution in [0.15, 0.2) is 12.4 Å². The van der Waals surface area contributed by atoms with Crippen LogP contribution in [-0.4, -0.2) is 23.6 Å². The van der Waals surface area contributed by atoms with E-state index in [0.717, 1.165) is 5.56 Å². The molecule has 62 valence electrons. The van der Waals surface area contributed by atoms with Crippen LogP contribution in [0.4, 0.5) is 0 Å². The third-order valence-corrected chi connectivity index (χ3v) is 1.15. The summed E-state index contributed by atoms with van der Waals surface area (Å²) in [6, 6.07) is 0.341. The van der Waals surface area contributed by atoms with Gasteiger partial charge in [-0.3, -0.25) is 0 Å². The lowest BCUT2D eigenvalue weighted by Crippen LogP contribution is -1.94. The quantitative estimate of drug-likeness (QED) is 0.582. The fraction of sp³-hybridized carbons (Fsp3) is 0.250. The molecule has 0 unspecified atom stereocenters. The Kier molecular flexibility index (Phi) is 3.05. The van der Waals surface area contributed by atoms with E-state index in [1.807, 2.05) is 0 Å². The number of hydrogen-bond donors (Lipinski definition) is 1. The Morgan fingerprint density at radius 1 is 1.50 bits per heavy atom. The molecule has 4 heteroatoms. The number of hydrogen-bond acceptors (Lipinski definition) is 4. The Morgan fingerprint density at radius 2 is 2.17 bits per heavy atom. The van der Waals surface area contributed by atoms with Crippen molar-refractivity contribution in [2.45, 2.75) is 0 Å². The highest BCUT2D eigenvalue weighted by atomic mass is 16.5. The molecule has 12 heavy (non-hydrogen) atoms. The summed E-state index contributed by atoms with van der Waals surface area (Å²) in [7, 11) is 1.51. The zero-order valence-electron chi connectivity index (χ0n) is 6.74. The molecule has 0 amide bonds. The van der Waals surface area contributed by atoms with Crippen LogP contribution in [0.25, 0.3) is 0 Å². The summed E-state index contributed by atoms with van der Waals surface area (Å²) in [4.78, 5) is 7.75. The van der Waals surface area contributed by atoms with Crippen molar-refractivity contribution in [2.75, 3.05) is 13.7 Å². The van der Waals surface area contributed by atoms with E-state index >= 15 is 0 Å². The summed E-state index contributed by atoms with van der Waals surface area (Å²) in [6.45, 7) is 0.339. The van der Waals surface area contributed by atoms with Gasteiger partial charge in [0.15, 0.2) is 0 Å². The van der Waals surface area contributed by atoms with Crippen LogP contribution in [0.3, 0.4) is 0 Å². The summed E-state index contributed by atoms with van der Waals surface area (Å²) >= 11 is 0. The van der Waals surface area contributed by atoms with E-state index in [9.17, 15) is 0 Å². The van der Waals surface area contributed by atoms with Gasteiger partial charge in [0.1, 0.15) is 0 Å². The molecule has 1 aromatic rings. The average Bonchev–Trinajstić information content (AvgIpc) is 2.15. The maximum atomic E-state index is 5.19. The summed E-state index contributed by atoms with van der Waals surface area (Å²) in [5, 5.41) is 0. The highest BCUT2D eigenvalue weighted by Gasteiger charge is 1.91. The highest BCUT2D eigenvalue weighted by Crippen LogP contribution is 1.99. The van der Waals surface area contributed by atoms with Gasteiger partial charge in [-0.25, -0.2) is 9.97 Å². The van der Waals surface area contributed by atoms with E-state index in [-0.39, 0.29) is 0 Å². The Hall–Kier alpha value is -1.60. The van der Waals surface area contributed by atoms with Crippen LogP contribution in [-0.2, 0) is 0 Å². The van der Waals surface area contributed by atoms with Crippen molar-refractivity contribution in [3.63, 3.8) is 0 Å². The van der Waals surface area contributed by atoms with Gasteiger partial charge in [-0.1, -0.05) is 11.8 Å². The standard InChI is InChI=1S/C8H9N3O/c1-12-8-10-5-7(6-11-8)3-2-4-9/h5-6H,4,9H2,1H3. The number of ether oxygens (including phenoxy) is 1. The maximum absolute atomic E-state index is 5.19. The van der Waals surface area contributed by atoms with E-state index in [0.29, 0.717) is 12.6 Å². The predicted octanol–water partition coefficient (Wildman–Crippen LogP) is -0.205. The minimum atomic E-state index is 0.339. The zero-order valence-corrected chi connectivity index (χ0v) is 6.74. The fourth-order valence-corrected chi connectivity index (χ4v) is 0.639. The minimum absolute atomic E-state index is 0.339. The molecule has 0 aromatic carbocycles. The topological polar surface area (TPSA) is 61.0 Å². The molecule has 1 heterocycles. The Balaban J connectivity index is 2.78. The maximum Gasteiger partial charge on any atom is 0.316 e. The van der Waals surface area contributed by atoms with Gasteiger partial charge < -0.3 is 10.5 Å². The second-order valence-electron chi connectivity index (χ2n) is 1.96. The van der Waals surface area contributed by atoms with Crippen molar-refractivity contribution >= 4 is 0 Å². The van der Waals surface area contributed by atoms with Crippen LogP contribution < -0.4 is 10.5 Å². The minimum Gasteiger partial charge on any atom is -0.467 e. The van der Waals surface area contributed by atoms with Gasteiger partial charge in [0.25, 0.3) is 0 Å². The van der Waals surface area contributed by atoms with Gasteiger partial charge in [0.05, 0.1) is 19.2 Å². The highest BCUT2D eigenvalue weighted by molar-refractivity contribution is 5.30. The molecule has 2 N–H and O–H groups in total. The average molecular weight is 163 g/mol. The number of nitrogens with two attached hydrogens (primary N) is 1. The van der Waals surface area contributed by atoms with Crippen LogP contribution in [0, 0.1) is 11.8 Å². The van der Waals surface area contributed by atoms with Crippen molar-refractivity contribution in [1.29, 1.82) is 0 Å². The van der Waals surface area contributed by atoms with Crippen molar-refractivity contribution in [3.8, 4) is 17.9 Å². The largest absolute Gasteiger partial charge is 0.467 e. The first-order valence-electron chi connectivity index (χ1n) is 3.42. The molecule has 0 saturated heterocycles. The van der Waals surface area contributed by atoms with E-state index < -0.39 is 0 Å². The fourth-order valence-electron chi connectivity index (χ4n) is 0.639. The molecule has 0 aliphatic carbocycles. The molecule has 0 radical (unpaired) electrons. The van der Waals surface area contributed by atoms with E-state index in [4.69, 9.17) is 10.5 Å². The second kappa shape index (κ2) is 4.31. The van der Waals surface area contributed by atoms with Gasteiger partial charge in [-0.05, 0) is 0 Å². The van der Waals surface area contributed by atoms with Crippen LogP contribution in [0.2, 0.25) is 0 Å². The summed E-state index contributed by atoms with van der Waals surface area (Å²) in [6.07, 6.45) is 3.18. The van der Waals surface area contributed by atoms with E-state index in [2.05, 4.69) is 21.8 Å². The Morgan fingerprint density at radius 3 is 2.67 bits per heavy atom. The molecule has 0 aliphatic heterocycles. The molecule has 0 spiro atoms. The monoisotopic (exact) mass is 163 g/mol. The van der Waals surface area contributed by atoms with Gasteiger partial charge >= 0.3 is 6.01 Å². The van der Waals surface area contributed by atoms with Gasteiger partial charge in [-0.15, -0.1) is 0 Å². The smallest absolute Gasteiger partial charge is 0.316 e. The molecule has 0 aliphatic rings. The lowest BCUT2D eigenvalue weighted by molar-refractivity contribution is 0.379. The Bertz CT molecular complexity index is 296. The summed E-state index contributed by atoms with van der Waals surface area (Å²) in [5.74, 6) is 5.50. The SMILES string of the molecule is COc1ncc(C#CCN)cn1. The third-order valence-electron chi connectivity index (χ3n) is 1.15.